The summed E-state index contributed by atoms with van der Waals surface area (Å²) >= 11 is 0. The van der Waals surface area contributed by atoms with Crippen molar-refractivity contribution in [2.24, 2.45) is 17.3 Å². The average molecular weight is 871 g/mol. The van der Waals surface area contributed by atoms with Crippen LogP contribution in [0.25, 0.3) is 44.4 Å². The number of benzene rings is 3. The van der Waals surface area contributed by atoms with E-state index in [1.807, 2.05) is 36.0 Å². The van der Waals surface area contributed by atoms with Crippen molar-refractivity contribution in [3.05, 3.63) is 84.7 Å². The van der Waals surface area contributed by atoms with Crippen molar-refractivity contribution in [2.45, 2.75) is 102 Å². The van der Waals surface area contributed by atoms with Gasteiger partial charge in [0.05, 0.1) is 55.7 Å². The standard InChI is InChI=1S/C49H58N8O7/c1-27(2)39(54-46(60)62-5)44(58)56-26-49(18-19-49)23-38(56)42-50-25-37(52-42)33-15-14-31-20-30(12-13-32(31)21-33)28-8-10-29(11-9-28)36-24-51-43(53-36)40-34-16-17-35(22-34)57(40)45(59)41(48(3,4)64-7)55-47(61)63-6/h8-15,20-21,24-25,27,34-35,38-41H,16-19,22-23,26H2,1-7H3,(H,50,52)(H,51,53)(H,54,60)(H,55,61). The lowest BCUT2D eigenvalue weighted by atomic mass is 9.93. The average Bonchev–Trinajstić information content (AvgIpc) is 3.94. The van der Waals surface area contributed by atoms with Crippen molar-refractivity contribution in [1.29, 1.82) is 0 Å². The van der Waals surface area contributed by atoms with Crippen LogP contribution in [0, 0.1) is 17.3 Å². The molecule has 2 saturated heterocycles. The molecule has 64 heavy (non-hydrogen) atoms. The second-order valence-corrected chi connectivity index (χ2v) is 19.1. The zero-order valence-corrected chi connectivity index (χ0v) is 37.6. The molecule has 0 radical (unpaired) electrons. The minimum Gasteiger partial charge on any atom is -0.453 e. The lowest BCUT2D eigenvalue weighted by molar-refractivity contribution is -0.145. The first-order valence-corrected chi connectivity index (χ1v) is 22.3. The molecule has 2 bridgehead atoms. The minimum absolute atomic E-state index is 0.0566. The molecule has 5 aromatic rings. The lowest BCUT2D eigenvalue weighted by Crippen LogP contribution is -2.60. The zero-order valence-electron chi connectivity index (χ0n) is 37.6. The number of hydrogen-bond acceptors (Lipinski definition) is 9. The number of alkyl carbamates (subject to hydrolysis) is 2. The number of aromatic amines is 2. The third-order valence-corrected chi connectivity index (χ3v) is 14.4. The maximum Gasteiger partial charge on any atom is 0.407 e. The maximum atomic E-state index is 14.3. The van der Waals surface area contributed by atoms with Gasteiger partial charge in [-0.15, -0.1) is 0 Å². The van der Waals surface area contributed by atoms with Gasteiger partial charge in [0.25, 0.3) is 0 Å². The topological polar surface area (TPSA) is 184 Å². The van der Waals surface area contributed by atoms with Crippen LogP contribution in [0.3, 0.4) is 0 Å². The van der Waals surface area contributed by atoms with Crippen LogP contribution in [-0.2, 0) is 23.8 Å². The number of imidazole rings is 2. The highest BCUT2D eigenvalue weighted by molar-refractivity contribution is 5.91. The van der Waals surface area contributed by atoms with Crippen molar-refractivity contribution in [2.75, 3.05) is 27.9 Å². The summed E-state index contributed by atoms with van der Waals surface area (Å²) in [6, 6.07) is 19.2. The minimum atomic E-state index is -0.971. The summed E-state index contributed by atoms with van der Waals surface area (Å²) in [6.45, 7) is 8.07. The molecular formula is C49H58N8O7. The fraction of sp³-hybridized carbons (Fsp3) is 0.469. The molecule has 2 aromatic heterocycles. The fourth-order valence-corrected chi connectivity index (χ4v) is 10.3. The van der Waals surface area contributed by atoms with Gasteiger partial charge in [-0.25, -0.2) is 19.6 Å². The Bertz CT molecular complexity index is 2580. The van der Waals surface area contributed by atoms with Crippen LogP contribution in [0.4, 0.5) is 9.59 Å². The number of hydrogen-bond donors (Lipinski definition) is 4. The quantitative estimate of drug-likeness (QED) is 0.0968. The van der Waals surface area contributed by atoms with Gasteiger partial charge in [0, 0.05) is 25.3 Å². The molecule has 9 rings (SSSR count). The molecule has 15 nitrogen and oxygen atoms in total. The van der Waals surface area contributed by atoms with Gasteiger partial charge in [0.2, 0.25) is 11.8 Å². The molecule has 2 aliphatic carbocycles. The number of carbonyl (C=O) groups is 4. The number of likely N-dealkylation sites (tertiary alicyclic amines) is 2. The molecule has 15 heteroatoms. The second-order valence-electron chi connectivity index (χ2n) is 19.1. The molecule has 336 valence electrons. The number of nitrogens with one attached hydrogen (secondary N) is 4. The van der Waals surface area contributed by atoms with Crippen LogP contribution in [-0.4, -0.2) is 105 Å². The van der Waals surface area contributed by atoms with Crippen LogP contribution in [0.2, 0.25) is 0 Å². The van der Waals surface area contributed by atoms with E-state index in [9.17, 15) is 19.2 Å². The smallest absolute Gasteiger partial charge is 0.407 e. The predicted octanol–water partition coefficient (Wildman–Crippen LogP) is 7.92. The van der Waals surface area contributed by atoms with E-state index in [1.54, 1.807) is 13.8 Å². The fourth-order valence-electron chi connectivity index (χ4n) is 10.3. The number of nitrogens with zero attached hydrogens (tertiary/aromatic N) is 4. The van der Waals surface area contributed by atoms with E-state index in [0.717, 1.165) is 94.6 Å². The van der Waals surface area contributed by atoms with Crippen LogP contribution in [0.5, 0.6) is 0 Å². The van der Waals surface area contributed by atoms with Gasteiger partial charge in [-0.1, -0.05) is 62.4 Å². The van der Waals surface area contributed by atoms with E-state index in [2.05, 4.69) is 81.3 Å². The maximum absolute atomic E-state index is 14.3. The third kappa shape index (κ3) is 7.99. The number of amides is 4. The summed E-state index contributed by atoms with van der Waals surface area (Å²) in [5, 5.41) is 7.68. The van der Waals surface area contributed by atoms with Gasteiger partial charge in [0.15, 0.2) is 0 Å². The summed E-state index contributed by atoms with van der Waals surface area (Å²) in [6.07, 6.45) is 8.19. The van der Waals surface area contributed by atoms with Crippen LogP contribution < -0.4 is 10.6 Å². The van der Waals surface area contributed by atoms with Crippen LogP contribution in [0.1, 0.15) is 90.0 Å². The molecule has 4 heterocycles. The summed E-state index contributed by atoms with van der Waals surface area (Å²) in [5.41, 5.74) is 5.03. The van der Waals surface area contributed by atoms with Gasteiger partial charge in [-0.3, -0.25) is 9.59 Å². The van der Waals surface area contributed by atoms with Crippen molar-refractivity contribution in [1.82, 2.24) is 40.4 Å². The van der Waals surface area contributed by atoms with E-state index in [-0.39, 0.29) is 47.2 Å². The SMILES string of the molecule is COC(=O)NC(C(=O)N1CC2(CC2)CC1c1ncc(-c2ccc3cc(-c4ccc(-c5cnc(C6C7CCC(C7)N6C(=O)C(NC(=O)OC)C(C)(C)OC)[nH]5)cc4)ccc3c2)[nH]1)C(C)C. The first kappa shape index (κ1) is 43.1. The molecule has 4 N–H and O–H groups in total. The summed E-state index contributed by atoms with van der Waals surface area (Å²) < 4.78 is 15.4. The number of carbonyl (C=O) groups excluding carboxylic acids is 4. The van der Waals surface area contributed by atoms with Gasteiger partial charge in [-0.2, -0.15) is 0 Å². The predicted molar refractivity (Wildman–Crippen MR) is 241 cm³/mol. The zero-order chi connectivity index (χ0) is 45.1. The molecule has 2 saturated carbocycles. The molecule has 2 aliphatic heterocycles. The number of rotatable bonds is 12. The largest absolute Gasteiger partial charge is 0.453 e. The van der Waals surface area contributed by atoms with Gasteiger partial charge in [0.1, 0.15) is 23.7 Å². The molecule has 4 aliphatic rings. The van der Waals surface area contributed by atoms with Gasteiger partial charge in [-0.05, 0) is 109 Å². The molecule has 1 spiro atoms. The summed E-state index contributed by atoms with van der Waals surface area (Å²) in [5.74, 6) is 1.32. The Balaban J connectivity index is 0.897. The molecule has 4 fully saturated rings. The Labute approximate surface area is 373 Å². The van der Waals surface area contributed by atoms with E-state index in [1.165, 1.54) is 21.3 Å². The van der Waals surface area contributed by atoms with E-state index >= 15 is 0 Å². The molecule has 6 unspecified atom stereocenters. The monoisotopic (exact) mass is 870 g/mol. The van der Waals surface area contributed by atoms with Crippen molar-refractivity contribution in [3.8, 4) is 33.6 Å². The normalized spacial score (nSPS) is 21.9. The summed E-state index contributed by atoms with van der Waals surface area (Å²) in [4.78, 5) is 73.2. The number of H-pyrrole nitrogens is 2. The highest BCUT2D eigenvalue weighted by atomic mass is 16.5. The number of piperidine rings is 1. The Morgan fingerprint density at radius 3 is 2.02 bits per heavy atom. The van der Waals surface area contributed by atoms with E-state index < -0.39 is 29.9 Å². The Morgan fingerprint density at radius 2 is 1.36 bits per heavy atom. The Kier molecular flexibility index (Phi) is 11.2. The third-order valence-electron chi connectivity index (χ3n) is 14.4. The van der Waals surface area contributed by atoms with E-state index in [4.69, 9.17) is 24.2 Å². The Hall–Kier alpha value is -6.22. The van der Waals surface area contributed by atoms with Crippen molar-refractivity contribution in [3.63, 3.8) is 0 Å². The van der Waals surface area contributed by atoms with Crippen LogP contribution >= 0.6 is 0 Å². The van der Waals surface area contributed by atoms with Crippen molar-refractivity contribution >= 4 is 34.8 Å². The Morgan fingerprint density at radius 1 is 0.766 bits per heavy atom. The highest BCUT2D eigenvalue weighted by Gasteiger charge is 2.56. The van der Waals surface area contributed by atoms with Crippen molar-refractivity contribution < 1.29 is 33.4 Å². The first-order valence-electron chi connectivity index (χ1n) is 22.3. The summed E-state index contributed by atoms with van der Waals surface area (Å²) in [7, 11) is 4.12. The van der Waals surface area contributed by atoms with Crippen LogP contribution in [0.15, 0.2) is 73.1 Å². The first-order chi connectivity index (χ1) is 30.7. The van der Waals surface area contributed by atoms with Gasteiger partial charge < -0.3 is 44.6 Å². The number of fused-ring (bicyclic) bond motifs is 3. The number of aromatic nitrogens is 4. The highest BCUT2D eigenvalue weighted by Crippen LogP contribution is 2.58. The van der Waals surface area contributed by atoms with E-state index in [0.29, 0.717) is 6.54 Å². The lowest BCUT2D eigenvalue weighted by Gasteiger charge is -2.40. The molecule has 4 amide bonds. The molecule has 6 atom stereocenters. The molecular weight excluding hydrogens is 813 g/mol. The van der Waals surface area contributed by atoms with Gasteiger partial charge >= 0.3 is 12.2 Å². The number of methoxy groups -OCH3 is 3. The molecule has 3 aromatic carbocycles. The second kappa shape index (κ2) is 16.7. The number of ether oxygens (including phenoxy) is 3.